The second-order valence-corrected chi connectivity index (χ2v) is 4.95. The number of carboxylic acid groups (broad SMARTS) is 1. The smallest absolute Gasteiger partial charge is 0.337 e. The third-order valence-corrected chi connectivity index (χ3v) is 3.20. The molecule has 0 bridgehead atoms. The number of hydrogen-bond donors (Lipinski definition) is 3. The van der Waals surface area contributed by atoms with Crippen LogP contribution in [0.1, 0.15) is 26.3 Å². The van der Waals surface area contributed by atoms with E-state index >= 15 is 0 Å². The average Bonchev–Trinajstić information content (AvgIpc) is 2.37. The fourth-order valence-electron chi connectivity index (χ4n) is 1.85. The van der Waals surface area contributed by atoms with Gasteiger partial charge in [0.1, 0.15) is 0 Å². The Labute approximate surface area is 126 Å². The molecule has 2 rings (SSSR count). The fraction of sp³-hybridized carbons (Fsp3) is 0.0667. The third-order valence-electron chi connectivity index (χ3n) is 2.89. The van der Waals surface area contributed by atoms with Crippen molar-refractivity contribution in [2.45, 2.75) is 6.92 Å². The Bertz CT molecular complexity index is 729. The van der Waals surface area contributed by atoms with Crippen molar-refractivity contribution in [1.82, 2.24) is 0 Å². The van der Waals surface area contributed by atoms with Crippen molar-refractivity contribution in [2.24, 2.45) is 0 Å². The highest BCUT2D eigenvalue weighted by molar-refractivity contribution is 6.34. The molecule has 108 valence electrons. The number of nitrogens with one attached hydrogen (secondary N) is 1. The Balaban J connectivity index is 2.35. The summed E-state index contributed by atoms with van der Waals surface area (Å²) >= 11 is 6.02. The van der Waals surface area contributed by atoms with Crippen LogP contribution in [-0.4, -0.2) is 17.0 Å². The molecule has 0 saturated carbocycles. The van der Waals surface area contributed by atoms with E-state index in [1.54, 1.807) is 18.2 Å². The second kappa shape index (κ2) is 5.85. The molecule has 0 aromatic heterocycles. The zero-order chi connectivity index (χ0) is 15.6. The Morgan fingerprint density at radius 2 is 1.81 bits per heavy atom. The number of carbonyl (C=O) groups excluding carboxylic acids is 1. The molecule has 2 aromatic carbocycles. The summed E-state index contributed by atoms with van der Waals surface area (Å²) in [4.78, 5) is 23.3. The van der Waals surface area contributed by atoms with Crippen molar-refractivity contribution < 1.29 is 14.7 Å². The van der Waals surface area contributed by atoms with Crippen LogP contribution in [0.25, 0.3) is 0 Å². The number of carboxylic acids is 1. The lowest BCUT2D eigenvalue weighted by Gasteiger charge is -2.10. The molecule has 0 atom stereocenters. The van der Waals surface area contributed by atoms with Gasteiger partial charge >= 0.3 is 5.97 Å². The number of anilines is 2. The molecule has 0 fully saturated rings. The molecule has 0 radical (unpaired) electrons. The highest BCUT2D eigenvalue weighted by atomic mass is 35.5. The number of nitrogens with two attached hydrogens (primary N) is 1. The zero-order valence-corrected chi connectivity index (χ0v) is 11.9. The highest BCUT2D eigenvalue weighted by Crippen LogP contribution is 2.23. The number of aryl methyl sites for hydroxylation is 1. The monoisotopic (exact) mass is 304 g/mol. The zero-order valence-electron chi connectivity index (χ0n) is 11.2. The van der Waals surface area contributed by atoms with Crippen LogP contribution in [0.15, 0.2) is 36.4 Å². The van der Waals surface area contributed by atoms with Gasteiger partial charge in [-0.1, -0.05) is 17.7 Å². The number of hydrogen-bond acceptors (Lipinski definition) is 3. The van der Waals surface area contributed by atoms with Gasteiger partial charge in [-0.05, 0) is 42.8 Å². The topological polar surface area (TPSA) is 92.4 Å². The number of benzene rings is 2. The molecule has 0 unspecified atom stereocenters. The summed E-state index contributed by atoms with van der Waals surface area (Å²) in [6.07, 6.45) is 0. The van der Waals surface area contributed by atoms with E-state index in [4.69, 9.17) is 22.4 Å². The number of amides is 1. The summed E-state index contributed by atoms with van der Waals surface area (Å²) in [5.74, 6) is -1.64. The van der Waals surface area contributed by atoms with Crippen LogP contribution in [0.4, 0.5) is 11.4 Å². The van der Waals surface area contributed by atoms with Crippen molar-refractivity contribution in [2.75, 3.05) is 11.1 Å². The standard InChI is InChI=1S/C15H13ClN2O3/c1-8-2-4-10(12(16)6-8)14(19)18-13-7-9(17)3-5-11(13)15(20)21/h2-7H,17H2,1H3,(H,18,19)(H,20,21). The molecule has 0 aliphatic heterocycles. The minimum atomic E-state index is -1.15. The molecule has 21 heavy (non-hydrogen) atoms. The van der Waals surface area contributed by atoms with E-state index < -0.39 is 11.9 Å². The van der Waals surface area contributed by atoms with Crippen LogP contribution in [0, 0.1) is 6.92 Å². The lowest BCUT2D eigenvalue weighted by atomic mass is 10.1. The first-order valence-corrected chi connectivity index (χ1v) is 6.46. The Morgan fingerprint density at radius 1 is 1.14 bits per heavy atom. The van der Waals surface area contributed by atoms with Crippen LogP contribution >= 0.6 is 11.6 Å². The van der Waals surface area contributed by atoms with Gasteiger partial charge in [0.05, 0.1) is 21.8 Å². The molecule has 0 aliphatic rings. The minimum absolute atomic E-state index is 0.0409. The van der Waals surface area contributed by atoms with E-state index in [0.717, 1.165) is 5.56 Å². The second-order valence-electron chi connectivity index (χ2n) is 4.55. The van der Waals surface area contributed by atoms with Crippen LogP contribution in [0.3, 0.4) is 0 Å². The molecule has 4 N–H and O–H groups in total. The van der Waals surface area contributed by atoms with Gasteiger partial charge in [0.25, 0.3) is 5.91 Å². The molecule has 5 nitrogen and oxygen atoms in total. The third kappa shape index (κ3) is 3.32. The maximum atomic E-state index is 12.2. The van der Waals surface area contributed by atoms with Crippen molar-refractivity contribution in [3.05, 3.63) is 58.1 Å². The van der Waals surface area contributed by atoms with Crippen molar-refractivity contribution in [1.29, 1.82) is 0 Å². The van der Waals surface area contributed by atoms with Crippen molar-refractivity contribution >= 4 is 34.9 Å². The molecule has 0 saturated heterocycles. The molecular weight excluding hydrogens is 292 g/mol. The molecular formula is C15H13ClN2O3. The van der Waals surface area contributed by atoms with Gasteiger partial charge in [-0.3, -0.25) is 4.79 Å². The number of halogens is 1. The first-order valence-electron chi connectivity index (χ1n) is 6.09. The predicted molar refractivity (Wildman–Crippen MR) is 82.0 cm³/mol. The van der Waals surface area contributed by atoms with Gasteiger partial charge in [-0.2, -0.15) is 0 Å². The average molecular weight is 305 g/mol. The van der Waals surface area contributed by atoms with Gasteiger partial charge in [-0.25, -0.2) is 4.79 Å². The molecule has 2 aromatic rings. The normalized spacial score (nSPS) is 10.2. The van der Waals surface area contributed by atoms with Crippen LogP contribution in [0.5, 0.6) is 0 Å². The molecule has 6 heteroatoms. The van der Waals surface area contributed by atoms with Crippen molar-refractivity contribution in [3.63, 3.8) is 0 Å². The van der Waals surface area contributed by atoms with Crippen LogP contribution in [-0.2, 0) is 0 Å². The maximum Gasteiger partial charge on any atom is 0.337 e. The van der Waals surface area contributed by atoms with E-state index in [0.29, 0.717) is 10.7 Å². The number of nitrogen functional groups attached to an aromatic ring is 1. The van der Waals surface area contributed by atoms with Gasteiger partial charge in [-0.15, -0.1) is 0 Å². The van der Waals surface area contributed by atoms with Crippen LogP contribution in [0.2, 0.25) is 5.02 Å². The van der Waals surface area contributed by atoms with E-state index in [1.165, 1.54) is 18.2 Å². The fourth-order valence-corrected chi connectivity index (χ4v) is 2.17. The number of aromatic carboxylic acids is 1. The lowest BCUT2D eigenvalue weighted by molar-refractivity contribution is 0.0698. The van der Waals surface area contributed by atoms with Crippen molar-refractivity contribution in [3.8, 4) is 0 Å². The van der Waals surface area contributed by atoms with Gasteiger partial charge in [0, 0.05) is 5.69 Å². The predicted octanol–water partition coefficient (Wildman–Crippen LogP) is 3.18. The minimum Gasteiger partial charge on any atom is -0.478 e. The Morgan fingerprint density at radius 3 is 2.43 bits per heavy atom. The summed E-state index contributed by atoms with van der Waals surface area (Å²) < 4.78 is 0. The Hall–Kier alpha value is -2.53. The first kappa shape index (κ1) is 14.9. The first-order chi connectivity index (χ1) is 9.88. The van der Waals surface area contributed by atoms with Gasteiger partial charge in [0.15, 0.2) is 0 Å². The number of carbonyl (C=O) groups is 2. The molecule has 1 amide bonds. The van der Waals surface area contributed by atoms with Gasteiger partial charge < -0.3 is 16.2 Å². The summed E-state index contributed by atoms with van der Waals surface area (Å²) in [5, 5.41) is 11.9. The number of rotatable bonds is 3. The van der Waals surface area contributed by atoms with E-state index in [1.807, 2.05) is 6.92 Å². The summed E-state index contributed by atoms with van der Waals surface area (Å²) in [7, 11) is 0. The van der Waals surface area contributed by atoms with Crippen LogP contribution < -0.4 is 11.1 Å². The molecule has 0 spiro atoms. The molecule has 0 aliphatic carbocycles. The quantitative estimate of drug-likeness (QED) is 0.759. The summed E-state index contributed by atoms with van der Waals surface area (Å²) in [6, 6.07) is 9.18. The van der Waals surface area contributed by atoms with Gasteiger partial charge in [0.2, 0.25) is 0 Å². The van der Waals surface area contributed by atoms with E-state index in [2.05, 4.69) is 5.32 Å². The van der Waals surface area contributed by atoms with E-state index in [-0.39, 0.29) is 16.8 Å². The summed E-state index contributed by atoms with van der Waals surface area (Å²) in [6.45, 7) is 1.86. The Kier molecular flexibility index (Phi) is 4.14. The SMILES string of the molecule is Cc1ccc(C(=O)Nc2cc(N)ccc2C(=O)O)c(Cl)c1. The molecule has 0 heterocycles. The lowest BCUT2D eigenvalue weighted by Crippen LogP contribution is -2.15. The summed E-state index contributed by atoms with van der Waals surface area (Å²) in [5.41, 5.74) is 7.25. The van der Waals surface area contributed by atoms with E-state index in [9.17, 15) is 9.59 Å². The highest BCUT2D eigenvalue weighted by Gasteiger charge is 2.15. The largest absolute Gasteiger partial charge is 0.478 e. The maximum absolute atomic E-state index is 12.2.